The van der Waals surface area contributed by atoms with Gasteiger partial charge in [-0.25, -0.2) is 9.98 Å². The van der Waals surface area contributed by atoms with E-state index >= 15 is 0 Å². The first-order valence-corrected chi connectivity index (χ1v) is 11.4. The number of benzene rings is 1. The number of alkyl halides is 3. The minimum Gasteiger partial charge on any atom is -0.404 e. The Balaban J connectivity index is 1.96. The van der Waals surface area contributed by atoms with Crippen molar-refractivity contribution in [2.45, 2.75) is 18.0 Å². The van der Waals surface area contributed by atoms with Gasteiger partial charge in [0.2, 0.25) is 0 Å². The van der Waals surface area contributed by atoms with E-state index in [9.17, 15) is 13.2 Å². The number of para-hydroxylation sites is 1. The highest BCUT2D eigenvalue weighted by molar-refractivity contribution is 7.99. The molecule has 35 heavy (non-hydrogen) atoms. The van der Waals surface area contributed by atoms with Crippen LogP contribution in [0.15, 0.2) is 63.3 Å². The lowest BCUT2D eigenvalue weighted by molar-refractivity contribution is -0.0580. The quantitative estimate of drug-likeness (QED) is 0.201. The molecule has 2 heterocycles. The Morgan fingerprint density at radius 2 is 2.14 bits per heavy atom. The lowest BCUT2D eigenvalue weighted by Crippen LogP contribution is -2.28. The maximum atomic E-state index is 14.1. The summed E-state index contributed by atoms with van der Waals surface area (Å²) in [6, 6.07) is 6.49. The average Bonchev–Trinajstić information content (AvgIpc) is 3.18. The summed E-state index contributed by atoms with van der Waals surface area (Å²) in [6.07, 6.45) is -1.84. The van der Waals surface area contributed by atoms with Crippen molar-refractivity contribution in [2.75, 3.05) is 28.6 Å². The maximum absolute atomic E-state index is 14.1. The van der Waals surface area contributed by atoms with Crippen LogP contribution < -0.4 is 21.4 Å². The molecule has 0 atom stereocenters. The average molecular weight is 523 g/mol. The molecule has 13 heteroatoms. The monoisotopic (exact) mass is 522 g/mol. The highest BCUT2D eigenvalue weighted by Crippen LogP contribution is 2.44. The van der Waals surface area contributed by atoms with Gasteiger partial charge in [-0.1, -0.05) is 24.2 Å². The number of aliphatic imine (C=N–C) groups is 1. The Kier molecular flexibility index (Phi) is 8.07. The van der Waals surface area contributed by atoms with Crippen molar-refractivity contribution in [3.8, 4) is 0 Å². The molecular formula is C22H22ClF3N8S. The number of hydrazone groups is 1. The van der Waals surface area contributed by atoms with Crippen LogP contribution in [-0.4, -0.2) is 42.2 Å². The molecular weight excluding hydrogens is 501 g/mol. The van der Waals surface area contributed by atoms with Crippen LogP contribution in [0.1, 0.15) is 5.69 Å². The van der Waals surface area contributed by atoms with E-state index in [2.05, 4.69) is 32.4 Å². The van der Waals surface area contributed by atoms with Crippen LogP contribution in [0, 0.1) is 12.3 Å². The van der Waals surface area contributed by atoms with Gasteiger partial charge in [-0.2, -0.15) is 18.3 Å². The van der Waals surface area contributed by atoms with Crippen molar-refractivity contribution in [1.82, 2.24) is 4.98 Å². The highest BCUT2D eigenvalue weighted by Gasteiger charge is 2.39. The first-order chi connectivity index (χ1) is 16.6. The second kappa shape index (κ2) is 10.8. The van der Waals surface area contributed by atoms with E-state index in [1.807, 2.05) is 11.0 Å². The van der Waals surface area contributed by atoms with Crippen LogP contribution in [0.5, 0.6) is 0 Å². The highest BCUT2D eigenvalue weighted by atomic mass is 35.5. The van der Waals surface area contributed by atoms with Crippen LogP contribution in [0.25, 0.3) is 0 Å². The number of aryl methyl sites for hydroxylation is 1. The predicted octanol–water partition coefficient (Wildman–Crippen LogP) is 5.69. The van der Waals surface area contributed by atoms with Crippen LogP contribution in [-0.2, 0) is 0 Å². The smallest absolute Gasteiger partial charge is 0.404 e. The Morgan fingerprint density at radius 3 is 2.80 bits per heavy atom. The topological polar surface area (TPSA) is 115 Å². The molecule has 8 nitrogen and oxygen atoms in total. The normalized spacial score (nSPS) is 14.3. The van der Waals surface area contributed by atoms with E-state index in [0.29, 0.717) is 22.9 Å². The lowest BCUT2D eigenvalue weighted by atomic mass is 10.1. The van der Waals surface area contributed by atoms with Crippen LogP contribution in [0.3, 0.4) is 0 Å². The van der Waals surface area contributed by atoms with Crippen LogP contribution >= 0.6 is 23.4 Å². The van der Waals surface area contributed by atoms with Gasteiger partial charge in [-0.05, 0) is 25.1 Å². The number of hydrogen-bond acceptors (Lipinski definition) is 9. The van der Waals surface area contributed by atoms with Crippen molar-refractivity contribution in [3.63, 3.8) is 0 Å². The molecule has 5 N–H and O–H groups in total. The zero-order chi connectivity index (χ0) is 25.8. The van der Waals surface area contributed by atoms with Gasteiger partial charge in [-0.3, -0.25) is 5.43 Å². The van der Waals surface area contributed by atoms with E-state index in [0.717, 1.165) is 17.3 Å². The first kappa shape index (κ1) is 26.1. The molecule has 0 saturated carbocycles. The van der Waals surface area contributed by atoms with Crippen LogP contribution in [0.2, 0.25) is 5.02 Å². The number of thioether (sulfide) groups is 1. The number of aromatic nitrogens is 1. The number of nitrogens with two attached hydrogens (primary N) is 1. The number of hydrogen-bond donors (Lipinski definition) is 4. The molecule has 0 bridgehead atoms. The van der Waals surface area contributed by atoms with Gasteiger partial charge in [0.25, 0.3) is 0 Å². The summed E-state index contributed by atoms with van der Waals surface area (Å²) in [5.41, 5.74) is 7.99. The summed E-state index contributed by atoms with van der Waals surface area (Å²) in [4.78, 5) is 10.9. The second-order valence-electron chi connectivity index (χ2n) is 7.25. The number of nitrogens with zero attached hydrogens (tertiary/aromatic N) is 4. The molecule has 0 fully saturated rings. The van der Waals surface area contributed by atoms with Gasteiger partial charge in [0.05, 0.1) is 39.9 Å². The summed E-state index contributed by atoms with van der Waals surface area (Å²) in [6.45, 7) is 5.38. The Bertz CT molecular complexity index is 1240. The number of anilines is 3. The third-order valence-corrected chi connectivity index (χ3v) is 6.24. The molecule has 0 spiro atoms. The second-order valence-corrected chi connectivity index (χ2v) is 8.64. The van der Waals surface area contributed by atoms with E-state index in [1.165, 1.54) is 30.1 Å². The first-order valence-electron chi connectivity index (χ1n) is 10.0. The third-order valence-electron chi connectivity index (χ3n) is 4.79. The zero-order valence-electron chi connectivity index (χ0n) is 18.7. The van der Waals surface area contributed by atoms with E-state index in [4.69, 9.17) is 22.7 Å². The van der Waals surface area contributed by atoms with Gasteiger partial charge >= 0.3 is 6.18 Å². The Labute approximate surface area is 209 Å². The number of allylic oxidation sites excluding steroid dienone is 1. The molecule has 0 aliphatic carbocycles. The van der Waals surface area contributed by atoms with Gasteiger partial charge < -0.3 is 21.4 Å². The van der Waals surface area contributed by atoms with Gasteiger partial charge in [0, 0.05) is 35.6 Å². The molecule has 0 saturated heterocycles. The van der Waals surface area contributed by atoms with Gasteiger partial charge in [-0.15, -0.1) is 11.8 Å². The fraction of sp³-hybridized carbons (Fsp3) is 0.182. The van der Waals surface area contributed by atoms with E-state index in [-0.39, 0.29) is 22.2 Å². The standard InChI is InChI=1S/C22H22ClF3N8S/c1-12(30-17-9-15(23)21(31-13(17)2)33-29-8-7-27)14(10-28)20(22(24,25)26)32-16-5-4-6-18-19(16)34(3)11-35-18/h4-10,27,30H,1,11,28H2,2-3H3,(H,31,33)/b14-10?,27-7?,29-8-,32-20?. The fourth-order valence-corrected chi connectivity index (χ4v) is 4.43. The molecule has 1 aromatic carbocycles. The number of fused-ring (bicyclic) bond motifs is 1. The molecule has 1 aromatic heterocycles. The van der Waals surface area contributed by atoms with E-state index < -0.39 is 17.5 Å². The molecule has 0 radical (unpaired) electrons. The van der Waals surface area contributed by atoms with Gasteiger partial charge in [0.1, 0.15) is 0 Å². The summed E-state index contributed by atoms with van der Waals surface area (Å²) < 4.78 is 42.4. The number of pyridine rings is 1. The van der Waals surface area contributed by atoms with Crippen molar-refractivity contribution in [1.29, 1.82) is 5.41 Å². The molecule has 0 amide bonds. The van der Waals surface area contributed by atoms with Crippen molar-refractivity contribution >= 4 is 64.4 Å². The number of nitrogens with one attached hydrogen (secondary N) is 3. The van der Waals surface area contributed by atoms with E-state index in [1.54, 1.807) is 20.0 Å². The zero-order valence-corrected chi connectivity index (χ0v) is 20.3. The molecule has 184 valence electrons. The fourth-order valence-electron chi connectivity index (χ4n) is 3.20. The molecule has 1 aliphatic heterocycles. The SMILES string of the molecule is C=C(Nc1cc(Cl)c(N/N=C\C=N)nc1C)C(=CN)C(=Nc1cccc2c1N(C)CS2)C(F)(F)F. The molecule has 0 unspecified atom stereocenters. The summed E-state index contributed by atoms with van der Waals surface area (Å²) in [5.74, 6) is 0.826. The van der Waals surface area contributed by atoms with Gasteiger partial charge in [0.15, 0.2) is 11.5 Å². The van der Waals surface area contributed by atoms with Crippen molar-refractivity contribution < 1.29 is 13.2 Å². The minimum atomic E-state index is -4.81. The summed E-state index contributed by atoms with van der Waals surface area (Å²) >= 11 is 7.73. The molecule has 2 aromatic rings. The Hall–Kier alpha value is -3.51. The molecule has 3 rings (SSSR count). The Morgan fingerprint density at radius 1 is 1.40 bits per heavy atom. The number of halogens is 4. The molecule has 1 aliphatic rings. The lowest BCUT2D eigenvalue weighted by Gasteiger charge is -2.20. The van der Waals surface area contributed by atoms with Crippen molar-refractivity contribution in [3.05, 3.63) is 59.0 Å². The van der Waals surface area contributed by atoms with Crippen molar-refractivity contribution in [2.24, 2.45) is 15.8 Å². The largest absolute Gasteiger partial charge is 0.434 e. The minimum absolute atomic E-state index is 0.137. The number of rotatable bonds is 8. The maximum Gasteiger partial charge on any atom is 0.434 e. The van der Waals surface area contributed by atoms with Crippen LogP contribution in [0.4, 0.5) is 36.1 Å². The predicted molar refractivity (Wildman–Crippen MR) is 139 cm³/mol. The third kappa shape index (κ3) is 5.95. The summed E-state index contributed by atoms with van der Waals surface area (Å²) in [7, 11) is 1.79. The summed E-state index contributed by atoms with van der Waals surface area (Å²) in [5, 5.41) is 13.6.